The highest BCUT2D eigenvalue weighted by molar-refractivity contribution is 7.99. The van der Waals surface area contributed by atoms with E-state index in [1.165, 1.54) is 23.5 Å². The van der Waals surface area contributed by atoms with Crippen molar-refractivity contribution in [2.24, 2.45) is 5.16 Å². The van der Waals surface area contributed by atoms with Crippen molar-refractivity contribution < 1.29 is 22.8 Å². The standard InChI is InChI=1S/C23H28N4O5S3/c28-22(25-23-24-13-18(34-23)14-27-8-11-33-12-9-27)21(26-32-17-7-10-31-15-17)16-1-3-19(4-2-16)35(29,30)20-5-6-20/h1-4,13,17,20H,5-12,14-15H2,(H,24,25,28)/t17-/m1/s1. The molecular weight excluding hydrogens is 508 g/mol. The van der Waals surface area contributed by atoms with Crippen LogP contribution in [0.1, 0.15) is 29.7 Å². The number of anilines is 1. The summed E-state index contributed by atoms with van der Waals surface area (Å²) in [6.07, 6.45) is 3.66. The van der Waals surface area contributed by atoms with Crippen molar-refractivity contribution in [1.82, 2.24) is 9.88 Å². The number of oxime groups is 1. The first-order valence-electron chi connectivity index (χ1n) is 11.7. The molecule has 3 aliphatic rings. The zero-order chi connectivity index (χ0) is 24.3. The zero-order valence-corrected chi connectivity index (χ0v) is 21.7. The second-order valence-corrected chi connectivity index (χ2v) is 13.3. The van der Waals surface area contributed by atoms with Gasteiger partial charge >= 0.3 is 0 Å². The second-order valence-electron chi connectivity index (χ2n) is 8.77. The first-order chi connectivity index (χ1) is 17.0. The minimum Gasteiger partial charge on any atom is -0.389 e. The highest BCUT2D eigenvalue weighted by Crippen LogP contribution is 2.33. The number of thioether (sulfide) groups is 1. The van der Waals surface area contributed by atoms with Gasteiger partial charge in [-0.25, -0.2) is 13.4 Å². The van der Waals surface area contributed by atoms with Crippen molar-refractivity contribution >= 4 is 49.7 Å². The van der Waals surface area contributed by atoms with E-state index in [4.69, 9.17) is 9.57 Å². The highest BCUT2D eigenvalue weighted by atomic mass is 32.2. The van der Waals surface area contributed by atoms with Crippen LogP contribution in [-0.4, -0.2) is 79.1 Å². The van der Waals surface area contributed by atoms with Crippen LogP contribution in [0.5, 0.6) is 0 Å². The van der Waals surface area contributed by atoms with Crippen molar-refractivity contribution in [3.05, 3.63) is 40.9 Å². The van der Waals surface area contributed by atoms with Crippen LogP contribution in [0, 0.1) is 0 Å². The SMILES string of the molecule is O=C(Nc1ncc(CN2CCSCC2)s1)C(=NO[C@@H]1CCOC1)c1ccc(S(=O)(=O)C2CC2)cc1. The molecule has 0 spiro atoms. The third-order valence-electron chi connectivity index (χ3n) is 6.07. The van der Waals surface area contributed by atoms with Gasteiger partial charge in [0.25, 0.3) is 5.91 Å². The largest absolute Gasteiger partial charge is 0.389 e. The van der Waals surface area contributed by atoms with Crippen LogP contribution in [0.25, 0.3) is 0 Å². The first-order valence-corrected chi connectivity index (χ1v) is 15.2. The van der Waals surface area contributed by atoms with Crippen LogP contribution in [0.4, 0.5) is 5.13 Å². The van der Waals surface area contributed by atoms with Gasteiger partial charge in [-0.2, -0.15) is 11.8 Å². The van der Waals surface area contributed by atoms with E-state index in [1.54, 1.807) is 18.3 Å². The van der Waals surface area contributed by atoms with E-state index in [2.05, 4.69) is 20.4 Å². The molecule has 5 rings (SSSR count). The molecule has 0 radical (unpaired) electrons. The Morgan fingerprint density at radius 2 is 1.97 bits per heavy atom. The molecule has 3 heterocycles. The summed E-state index contributed by atoms with van der Waals surface area (Å²) in [5.74, 6) is 1.81. The predicted molar refractivity (Wildman–Crippen MR) is 137 cm³/mol. The fourth-order valence-corrected chi connectivity index (χ4v) is 7.38. The lowest BCUT2D eigenvalue weighted by molar-refractivity contribution is -0.110. The number of carbonyl (C=O) groups excluding carboxylic acids is 1. The van der Waals surface area contributed by atoms with E-state index in [9.17, 15) is 13.2 Å². The van der Waals surface area contributed by atoms with Crippen molar-refractivity contribution in [3.63, 3.8) is 0 Å². The molecule has 3 fully saturated rings. The molecular formula is C23H28N4O5S3. The fraction of sp³-hybridized carbons (Fsp3) is 0.522. The molecule has 1 N–H and O–H groups in total. The van der Waals surface area contributed by atoms with Crippen LogP contribution >= 0.6 is 23.1 Å². The fourth-order valence-electron chi connectivity index (χ4n) is 3.90. The number of nitrogens with zero attached hydrogens (tertiary/aromatic N) is 3. The smallest absolute Gasteiger partial charge is 0.280 e. The number of nitrogens with one attached hydrogen (secondary N) is 1. The van der Waals surface area contributed by atoms with Crippen LogP contribution in [-0.2, 0) is 30.8 Å². The summed E-state index contributed by atoms with van der Waals surface area (Å²) in [5, 5.41) is 7.18. The number of hydrogen-bond donors (Lipinski definition) is 1. The summed E-state index contributed by atoms with van der Waals surface area (Å²) in [4.78, 5) is 26.9. The molecule has 188 valence electrons. The van der Waals surface area contributed by atoms with Crippen LogP contribution in [0.3, 0.4) is 0 Å². The molecule has 1 aromatic carbocycles. The third kappa shape index (κ3) is 6.23. The normalized spacial score (nSPS) is 21.7. The number of carbonyl (C=O) groups is 1. The van der Waals surface area contributed by atoms with E-state index in [0.29, 0.717) is 43.2 Å². The number of benzene rings is 1. The molecule has 2 saturated heterocycles. The van der Waals surface area contributed by atoms with Gasteiger partial charge in [-0.05, 0) is 25.0 Å². The maximum Gasteiger partial charge on any atom is 0.280 e. The Balaban J connectivity index is 1.31. The Kier molecular flexibility index (Phi) is 7.73. The first kappa shape index (κ1) is 24.7. The molecule has 1 saturated carbocycles. The molecule has 2 aliphatic heterocycles. The summed E-state index contributed by atoms with van der Waals surface area (Å²) in [6, 6.07) is 6.26. The minimum absolute atomic E-state index is 0.0667. The molecule has 12 heteroatoms. The van der Waals surface area contributed by atoms with Gasteiger partial charge in [-0.3, -0.25) is 15.0 Å². The van der Waals surface area contributed by atoms with Gasteiger partial charge in [0.15, 0.2) is 26.8 Å². The number of ether oxygens (including phenoxy) is 1. The maximum atomic E-state index is 13.2. The predicted octanol–water partition coefficient (Wildman–Crippen LogP) is 2.78. The van der Waals surface area contributed by atoms with Crippen LogP contribution in [0.15, 0.2) is 40.5 Å². The molecule has 35 heavy (non-hydrogen) atoms. The van der Waals surface area contributed by atoms with Gasteiger partial charge in [0.2, 0.25) is 0 Å². The lowest BCUT2D eigenvalue weighted by Gasteiger charge is -2.25. The van der Waals surface area contributed by atoms with E-state index in [-0.39, 0.29) is 22.0 Å². The van der Waals surface area contributed by atoms with Gasteiger partial charge in [-0.1, -0.05) is 17.3 Å². The Labute approximate surface area is 213 Å². The van der Waals surface area contributed by atoms with E-state index < -0.39 is 15.7 Å². The summed E-state index contributed by atoms with van der Waals surface area (Å²) in [6.45, 7) is 3.93. The number of aromatic nitrogens is 1. The number of rotatable bonds is 9. The van der Waals surface area contributed by atoms with Gasteiger partial charge in [-0.15, -0.1) is 11.3 Å². The summed E-state index contributed by atoms with van der Waals surface area (Å²) < 4.78 is 30.4. The van der Waals surface area contributed by atoms with E-state index in [0.717, 1.165) is 36.0 Å². The van der Waals surface area contributed by atoms with Crippen molar-refractivity contribution in [2.45, 2.75) is 42.1 Å². The molecule has 0 unspecified atom stereocenters. The lowest BCUT2D eigenvalue weighted by Crippen LogP contribution is -2.31. The number of amides is 1. The lowest BCUT2D eigenvalue weighted by atomic mass is 10.1. The third-order valence-corrected chi connectivity index (χ3v) is 10.2. The van der Waals surface area contributed by atoms with Crippen LogP contribution in [0.2, 0.25) is 0 Å². The van der Waals surface area contributed by atoms with Gasteiger partial charge in [0, 0.05) is 54.2 Å². The van der Waals surface area contributed by atoms with E-state index in [1.807, 2.05) is 11.8 Å². The maximum absolute atomic E-state index is 13.2. The summed E-state index contributed by atoms with van der Waals surface area (Å²) in [5.41, 5.74) is 0.538. The topological polar surface area (TPSA) is 110 Å². The van der Waals surface area contributed by atoms with Crippen molar-refractivity contribution in [2.75, 3.05) is 43.1 Å². The average Bonchev–Trinajstić information content (AvgIpc) is 3.45. The Bertz CT molecular complexity index is 1170. The van der Waals surface area contributed by atoms with Gasteiger partial charge in [0.05, 0.1) is 23.4 Å². The average molecular weight is 537 g/mol. The minimum atomic E-state index is -3.31. The molecule has 1 atom stereocenters. The van der Waals surface area contributed by atoms with E-state index >= 15 is 0 Å². The molecule has 1 amide bonds. The number of hydrogen-bond acceptors (Lipinski definition) is 10. The molecule has 0 bridgehead atoms. The monoisotopic (exact) mass is 536 g/mol. The Morgan fingerprint density at radius 1 is 1.20 bits per heavy atom. The van der Waals surface area contributed by atoms with Crippen molar-refractivity contribution in [1.29, 1.82) is 0 Å². The molecule has 1 aromatic heterocycles. The van der Waals surface area contributed by atoms with Gasteiger partial charge < -0.3 is 9.57 Å². The Morgan fingerprint density at radius 3 is 2.66 bits per heavy atom. The number of sulfone groups is 1. The molecule has 2 aromatic rings. The van der Waals surface area contributed by atoms with Gasteiger partial charge in [0.1, 0.15) is 0 Å². The Hall–Kier alpha value is -1.99. The zero-order valence-electron chi connectivity index (χ0n) is 19.2. The second kappa shape index (κ2) is 11.0. The quantitative estimate of drug-likeness (QED) is 0.385. The summed E-state index contributed by atoms with van der Waals surface area (Å²) >= 11 is 3.41. The molecule has 1 aliphatic carbocycles. The summed E-state index contributed by atoms with van der Waals surface area (Å²) in [7, 11) is -3.31. The van der Waals surface area contributed by atoms with Crippen molar-refractivity contribution in [3.8, 4) is 0 Å². The highest BCUT2D eigenvalue weighted by Gasteiger charge is 2.36. The van der Waals surface area contributed by atoms with Crippen LogP contribution < -0.4 is 5.32 Å². The molecule has 9 nitrogen and oxygen atoms in total. The number of thiazole rings is 1.